The second-order valence-electron chi connectivity index (χ2n) is 7.98. The standard InChI is InChI=1S/C23H20F3N7O3S/c1-33(2)37(35,36)18-9-6-14(7-10-18)19-11-8-17(13-20(19)21-29-31-32-30-21)28-22(34)27-16-5-3-4-15(12-16)23(24,25)26/h3-13H,1-2H3,(H2,27,28,34)(H,29,30,31,32). The van der Waals surface area contributed by atoms with Crippen LogP contribution in [0.5, 0.6) is 0 Å². The number of anilines is 2. The lowest BCUT2D eigenvalue weighted by atomic mass is 9.98. The summed E-state index contributed by atoms with van der Waals surface area (Å²) in [7, 11) is -0.733. The minimum absolute atomic E-state index is 0.0311. The third kappa shape index (κ3) is 5.76. The summed E-state index contributed by atoms with van der Waals surface area (Å²) in [5.41, 5.74) is 1.17. The summed E-state index contributed by atoms with van der Waals surface area (Å²) in [6.45, 7) is 0. The van der Waals surface area contributed by atoms with Crippen molar-refractivity contribution in [2.24, 2.45) is 0 Å². The summed E-state index contributed by atoms with van der Waals surface area (Å²) in [6.07, 6.45) is -4.54. The van der Waals surface area contributed by atoms with E-state index < -0.39 is 27.8 Å². The SMILES string of the molecule is CN(C)S(=O)(=O)c1ccc(-c2ccc(NC(=O)Nc3cccc(C(F)(F)F)c3)cc2-c2nnn[nH]2)cc1. The third-order valence-electron chi connectivity index (χ3n) is 5.27. The Morgan fingerprint density at radius 3 is 2.19 bits per heavy atom. The highest BCUT2D eigenvalue weighted by Crippen LogP contribution is 2.34. The van der Waals surface area contributed by atoms with Gasteiger partial charge in [0, 0.05) is 31.0 Å². The summed E-state index contributed by atoms with van der Waals surface area (Å²) < 4.78 is 64.7. The molecule has 3 aromatic carbocycles. The number of benzene rings is 3. The zero-order valence-electron chi connectivity index (χ0n) is 19.4. The summed E-state index contributed by atoms with van der Waals surface area (Å²) in [5.74, 6) is 0.280. The molecule has 4 rings (SSSR count). The molecular formula is C23H20F3N7O3S. The van der Waals surface area contributed by atoms with Crippen LogP contribution in [-0.2, 0) is 16.2 Å². The van der Waals surface area contributed by atoms with Crippen LogP contribution in [0.1, 0.15) is 5.56 Å². The number of nitrogens with zero attached hydrogens (tertiary/aromatic N) is 4. The van der Waals surface area contributed by atoms with Crippen molar-refractivity contribution in [1.82, 2.24) is 24.9 Å². The molecule has 0 atom stereocenters. The van der Waals surface area contributed by atoms with Gasteiger partial charge in [-0.2, -0.15) is 13.2 Å². The van der Waals surface area contributed by atoms with Gasteiger partial charge in [0.15, 0.2) is 5.82 Å². The Bertz CT molecular complexity index is 1520. The number of carbonyl (C=O) groups excluding carboxylic acids is 1. The molecule has 0 bridgehead atoms. The quantitative estimate of drug-likeness (QED) is 0.337. The van der Waals surface area contributed by atoms with Crippen molar-refractivity contribution in [3.8, 4) is 22.5 Å². The predicted octanol–water partition coefficient (Wildman–Crippen LogP) is 4.45. The largest absolute Gasteiger partial charge is 0.416 e. The van der Waals surface area contributed by atoms with Gasteiger partial charge in [-0.3, -0.25) is 0 Å². The second kappa shape index (κ2) is 9.99. The van der Waals surface area contributed by atoms with Crippen molar-refractivity contribution in [3.05, 3.63) is 72.3 Å². The molecule has 2 amide bonds. The number of carbonyl (C=O) groups is 1. The lowest BCUT2D eigenvalue weighted by Gasteiger charge is -2.14. The zero-order chi connectivity index (χ0) is 26.8. The summed E-state index contributed by atoms with van der Waals surface area (Å²) in [4.78, 5) is 12.6. The molecule has 1 aromatic heterocycles. The molecule has 1 heterocycles. The van der Waals surface area contributed by atoms with Gasteiger partial charge in [-0.05, 0) is 64.0 Å². The highest BCUT2D eigenvalue weighted by Gasteiger charge is 2.30. The fourth-order valence-electron chi connectivity index (χ4n) is 3.43. The molecule has 0 saturated carbocycles. The third-order valence-corrected chi connectivity index (χ3v) is 7.10. The first-order valence-electron chi connectivity index (χ1n) is 10.6. The number of nitrogens with one attached hydrogen (secondary N) is 3. The van der Waals surface area contributed by atoms with E-state index >= 15 is 0 Å². The lowest BCUT2D eigenvalue weighted by molar-refractivity contribution is -0.137. The number of urea groups is 1. The van der Waals surface area contributed by atoms with Crippen LogP contribution in [0.25, 0.3) is 22.5 Å². The van der Waals surface area contributed by atoms with Crippen LogP contribution in [0.2, 0.25) is 0 Å². The van der Waals surface area contributed by atoms with Gasteiger partial charge >= 0.3 is 12.2 Å². The van der Waals surface area contributed by atoms with E-state index in [4.69, 9.17) is 0 Å². The van der Waals surface area contributed by atoms with E-state index in [1.165, 1.54) is 38.4 Å². The molecular weight excluding hydrogens is 511 g/mol. The van der Waals surface area contributed by atoms with Gasteiger partial charge in [-0.25, -0.2) is 22.6 Å². The van der Waals surface area contributed by atoms with E-state index in [1.807, 2.05) is 0 Å². The highest BCUT2D eigenvalue weighted by molar-refractivity contribution is 7.89. The number of aromatic amines is 1. The number of amides is 2. The Morgan fingerprint density at radius 1 is 0.919 bits per heavy atom. The van der Waals surface area contributed by atoms with E-state index in [2.05, 4.69) is 31.3 Å². The highest BCUT2D eigenvalue weighted by atomic mass is 32.2. The molecule has 3 N–H and O–H groups in total. The first kappa shape index (κ1) is 25.8. The fourth-order valence-corrected chi connectivity index (χ4v) is 4.33. The smallest absolute Gasteiger partial charge is 0.308 e. The maximum atomic E-state index is 12.9. The van der Waals surface area contributed by atoms with Crippen LogP contribution in [0.15, 0.2) is 71.6 Å². The van der Waals surface area contributed by atoms with E-state index in [-0.39, 0.29) is 16.4 Å². The molecule has 192 valence electrons. The average molecular weight is 532 g/mol. The molecule has 4 aromatic rings. The van der Waals surface area contributed by atoms with Crippen LogP contribution in [-0.4, -0.2) is 53.5 Å². The van der Waals surface area contributed by atoms with Gasteiger partial charge in [0.05, 0.1) is 10.5 Å². The van der Waals surface area contributed by atoms with E-state index in [0.717, 1.165) is 16.4 Å². The van der Waals surface area contributed by atoms with Gasteiger partial charge in [0.25, 0.3) is 0 Å². The minimum atomic E-state index is -4.54. The van der Waals surface area contributed by atoms with Crippen molar-refractivity contribution in [1.29, 1.82) is 0 Å². The summed E-state index contributed by atoms with van der Waals surface area (Å²) in [5, 5.41) is 18.7. The van der Waals surface area contributed by atoms with Crippen LogP contribution < -0.4 is 10.6 Å². The zero-order valence-corrected chi connectivity index (χ0v) is 20.2. The number of rotatable bonds is 6. The average Bonchev–Trinajstić information content (AvgIpc) is 3.38. The maximum Gasteiger partial charge on any atom is 0.416 e. The Labute approximate surface area is 209 Å². The Morgan fingerprint density at radius 2 is 1.59 bits per heavy atom. The van der Waals surface area contributed by atoms with E-state index in [0.29, 0.717) is 22.4 Å². The molecule has 0 aliphatic carbocycles. The topological polar surface area (TPSA) is 133 Å². The van der Waals surface area contributed by atoms with Crippen molar-refractivity contribution < 1.29 is 26.4 Å². The summed E-state index contributed by atoms with van der Waals surface area (Å²) in [6, 6.07) is 14.5. The number of tetrazole rings is 1. The Kier molecular flexibility index (Phi) is 6.96. The lowest BCUT2D eigenvalue weighted by Crippen LogP contribution is -2.22. The molecule has 37 heavy (non-hydrogen) atoms. The van der Waals surface area contributed by atoms with Crippen molar-refractivity contribution in [2.45, 2.75) is 11.1 Å². The monoisotopic (exact) mass is 531 g/mol. The molecule has 0 saturated heterocycles. The number of alkyl halides is 3. The molecule has 0 radical (unpaired) electrons. The second-order valence-corrected chi connectivity index (χ2v) is 10.1. The predicted molar refractivity (Wildman–Crippen MR) is 130 cm³/mol. The van der Waals surface area contributed by atoms with E-state index in [9.17, 15) is 26.4 Å². The van der Waals surface area contributed by atoms with Gasteiger partial charge in [0.1, 0.15) is 0 Å². The molecule has 0 aliphatic rings. The Hall–Kier alpha value is -4.30. The molecule has 0 fully saturated rings. The van der Waals surface area contributed by atoms with Crippen molar-refractivity contribution >= 4 is 27.4 Å². The van der Waals surface area contributed by atoms with Crippen LogP contribution >= 0.6 is 0 Å². The van der Waals surface area contributed by atoms with E-state index in [1.54, 1.807) is 30.3 Å². The number of hydrogen-bond donors (Lipinski definition) is 3. The number of halogens is 3. The van der Waals surface area contributed by atoms with Crippen LogP contribution in [0.3, 0.4) is 0 Å². The molecule has 0 unspecified atom stereocenters. The number of H-pyrrole nitrogens is 1. The maximum absolute atomic E-state index is 12.9. The normalized spacial score (nSPS) is 11.9. The van der Waals surface area contributed by atoms with Gasteiger partial charge in [-0.1, -0.05) is 24.3 Å². The van der Waals surface area contributed by atoms with Crippen LogP contribution in [0.4, 0.5) is 29.3 Å². The van der Waals surface area contributed by atoms with Crippen molar-refractivity contribution in [2.75, 3.05) is 24.7 Å². The minimum Gasteiger partial charge on any atom is -0.308 e. The number of hydrogen-bond acceptors (Lipinski definition) is 6. The van der Waals surface area contributed by atoms with Gasteiger partial charge < -0.3 is 10.6 Å². The Balaban J connectivity index is 1.61. The first-order chi connectivity index (χ1) is 17.4. The number of sulfonamides is 1. The molecule has 0 spiro atoms. The fraction of sp³-hybridized carbons (Fsp3) is 0.130. The van der Waals surface area contributed by atoms with Crippen LogP contribution in [0, 0.1) is 0 Å². The first-order valence-corrected chi connectivity index (χ1v) is 12.1. The van der Waals surface area contributed by atoms with Gasteiger partial charge in [0.2, 0.25) is 10.0 Å². The van der Waals surface area contributed by atoms with Crippen molar-refractivity contribution in [3.63, 3.8) is 0 Å². The molecule has 0 aliphatic heterocycles. The number of aromatic nitrogens is 4. The van der Waals surface area contributed by atoms with Gasteiger partial charge in [-0.15, -0.1) is 5.10 Å². The molecule has 10 nitrogen and oxygen atoms in total. The summed E-state index contributed by atoms with van der Waals surface area (Å²) >= 11 is 0. The molecule has 14 heteroatoms.